The summed E-state index contributed by atoms with van der Waals surface area (Å²) in [7, 11) is 0. The average molecular weight is 459 g/mol. The number of nitrogens with two attached hydrogens (primary N) is 1. The number of piperazine rings is 1. The molecule has 0 spiro atoms. The molecule has 2 amide bonds. The third-order valence-electron chi connectivity index (χ3n) is 6.86. The van der Waals surface area contributed by atoms with Gasteiger partial charge in [-0.05, 0) is 62.3 Å². The molecule has 1 aliphatic carbocycles. The number of nitrogens with one attached hydrogen (secondary N) is 2. The predicted molar refractivity (Wildman–Crippen MR) is 123 cm³/mol. The van der Waals surface area contributed by atoms with E-state index in [-0.39, 0.29) is 18.2 Å². The number of rotatable bonds is 11. The summed E-state index contributed by atoms with van der Waals surface area (Å²) in [5.41, 5.74) is 5.24. The van der Waals surface area contributed by atoms with E-state index in [1.165, 1.54) is 0 Å². The first-order valence-electron chi connectivity index (χ1n) is 11.7. The molecule has 9 heteroatoms. The number of carboxylic acids is 1. The van der Waals surface area contributed by atoms with Crippen molar-refractivity contribution in [3.63, 3.8) is 0 Å². The van der Waals surface area contributed by atoms with Gasteiger partial charge < -0.3 is 25.8 Å². The Morgan fingerprint density at radius 2 is 1.88 bits per heavy atom. The van der Waals surface area contributed by atoms with Gasteiger partial charge in [0.25, 0.3) is 0 Å². The Morgan fingerprint density at radius 1 is 1.18 bits per heavy atom. The summed E-state index contributed by atoms with van der Waals surface area (Å²) < 4.78 is 5.79. The van der Waals surface area contributed by atoms with Crippen LogP contribution in [0.1, 0.15) is 63.4 Å². The number of hydrogen-bond donors (Lipinski definition) is 4. The van der Waals surface area contributed by atoms with Crippen LogP contribution in [-0.4, -0.2) is 58.9 Å². The molecule has 1 saturated heterocycles. The third-order valence-corrected chi connectivity index (χ3v) is 6.86. The van der Waals surface area contributed by atoms with E-state index in [4.69, 9.17) is 15.9 Å². The average Bonchev–Trinajstić information content (AvgIpc) is 2.80. The molecular weight excluding hydrogens is 424 g/mol. The number of carbonyl (C=O) groups excluding carboxylic acids is 2. The third kappa shape index (κ3) is 6.03. The smallest absolute Gasteiger partial charge is 0.312 e. The van der Waals surface area contributed by atoms with Crippen LogP contribution in [-0.2, 0) is 14.4 Å². The molecule has 5 N–H and O–H groups in total. The Bertz CT molecular complexity index is 866. The molecule has 33 heavy (non-hydrogen) atoms. The summed E-state index contributed by atoms with van der Waals surface area (Å²) in [6.07, 6.45) is 6.64. The number of ether oxygens (including phenoxy) is 1. The van der Waals surface area contributed by atoms with Gasteiger partial charge in [-0.15, -0.1) is 0 Å². The van der Waals surface area contributed by atoms with Gasteiger partial charge in [0.15, 0.2) is 0 Å². The first-order chi connectivity index (χ1) is 15.8. The van der Waals surface area contributed by atoms with Gasteiger partial charge in [-0.1, -0.05) is 19.3 Å². The molecule has 1 heterocycles. The number of aliphatic carboxylic acids is 1. The molecule has 2 fully saturated rings. The maximum Gasteiger partial charge on any atom is 0.312 e. The van der Waals surface area contributed by atoms with Gasteiger partial charge in [0.1, 0.15) is 11.6 Å². The Labute approximate surface area is 194 Å². The molecule has 2 aliphatic rings. The highest BCUT2D eigenvalue weighted by Gasteiger charge is 2.49. The molecule has 1 aliphatic heterocycles. The summed E-state index contributed by atoms with van der Waals surface area (Å²) in [5, 5.41) is 19.8. The number of nitrogen functional groups attached to an aromatic ring is 1. The van der Waals surface area contributed by atoms with E-state index in [0.29, 0.717) is 50.3 Å². The molecule has 1 aromatic carbocycles. The van der Waals surface area contributed by atoms with Crippen LogP contribution < -0.4 is 15.8 Å². The lowest BCUT2D eigenvalue weighted by molar-refractivity contribution is -0.160. The highest BCUT2D eigenvalue weighted by Crippen LogP contribution is 2.42. The molecule has 0 radical (unpaired) electrons. The Morgan fingerprint density at radius 3 is 2.52 bits per heavy atom. The molecule has 1 atom stereocenters. The van der Waals surface area contributed by atoms with E-state index in [9.17, 15) is 19.5 Å². The van der Waals surface area contributed by atoms with Gasteiger partial charge in [-0.3, -0.25) is 19.8 Å². The van der Waals surface area contributed by atoms with Gasteiger partial charge in [0.2, 0.25) is 0 Å². The monoisotopic (exact) mass is 458 g/mol. The van der Waals surface area contributed by atoms with Gasteiger partial charge in [0, 0.05) is 18.7 Å². The van der Waals surface area contributed by atoms with Crippen LogP contribution in [0.25, 0.3) is 0 Å². The van der Waals surface area contributed by atoms with Crippen molar-refractivity contribution in [2.45, 2.75) is 63.3 Å². The summed E-state index contributed by atoms with van der Waals surface area (Å²) >= 11 is 0. The number of amidine groups is 1. The Kier molecular flexibility index (Phi) is 8.30. The lowest BCUT2D eigenvalue weighted by Crippen LogP contribution is -2.65. The minimum Gasteiger partial charge on any atom is -0.494 e. The quantitative estimate of drug-likeness (QED) is 0.173. The molecular formula is C24H34N4O5. The van der Waals surface area contributed by atoms with E-state index < -0.39 is 23.3 Å². The lowest BCUT2D eigenvalue weighted by Gasteiger charge is -2.50. The van der Waals surface area contributed by atoms with E-state index in [0.717, 1.165) is 32.1 Å². The summed E-state index contributed by atoms with van der Waals surface area (Å²) in [5.74, 6) is -1.47. The van der Waals surface area contributed by atoms with Gasteiger partial charge in [-0.2, -0.15) is 0 Å². The number of amides is 2. The van der Waals surface area contributed by atoms with Crippen molar-refractivity contribution in [1.82, 2.24) is 10.2 Å². The highest BCUT2D eigenvalue weighted by atomic mass is 16.5. The Hall–Kier alpha value is -3.10. The number of benzene rings is 1. The van der Waals surface area contributed by atoms with Crippen LogP contribution in [0.4, 0.5) is 0 Å². The van der Waals surface area contributed by atoms with Crippen LogP contribution in [0.5, 0.6) is 5.75 Å². The summed E-state index contributed by atoms with van der Waals surface area (Å²) in [6, 6.07) is 6.98. The second-order valence-corrected chi connectivity index (χ2v) is 8.97. The maximum absolute atomic E-state index is 12.8. The molecule has 1 aromatic rings. The predicted octanol–water partition coefficient (Wildman–Crippen LogP) is 2.27. The zero-order valence-corrected chi connectivity index (χ0v) is 19.0. The van der Waals surface area contributed by atoms with Crippen molar-refractivity contribution >= 4 is 23.6 Å². The SMILES string of the molecule is N=C(N)c1ccc(OCCCCC(CC(=O)O)(C2CCCCC2)N2CCNC(=O)C2=O)cc1. The fourth-order valence-corrected chi connectivity index (χ4v) is 5.25. The lowest BCUT2D eigenvalue weighted by atomic mass is 9.69. The van der Waals surface area contributed by atoms with E-state index in [1.54, 1.807) is 29.2 Å². The van der Waals surface area contributed by atoms with Crippen molar-refractivity contribution in [3.8, 4) is 5.75 Å². The fourth-order valence-electron chi connectivity index (χ4n) is 5.25. The standard InChI is InChI=1S/C24H34N4O5/c25-21(26)17-8-10-19(11-9-17)33-15-5-4-12-24(16-20(29)30,18-6-2-1-3-7-18)28-14-13-27-22(31)23(28)32/h8-11,18H,1-7,12-16H2,(H3,25,26)(H,27,31)(H,29,30). The van der Waals surface area contributed by atoms with E-state index in [1.807, 2.05) is 0 Å². The maximum atomic E-state index is 12.8. The normalized spacial score (nSPS) is 19.0. The van der Waals surface area contributed by atoms with Crippen LogP contribution >= 0.6 is 0 Å². The minimum absolute atomic E-state index is 0.0000236. The van der Waals surface area contributed by atoms with Crippen molar-refractivity contribution in [2.24, 2.45) is 11.7 Å². The molecule has 1 unspecified atom stereocenters. The number of unbranched alkanes of at least 4 members (excludes halogenated alkanes) is 1. The zero-order chi connectivity index (χ0) is 23.8. The van der Waals surface area contributed by atoms with E-state index in [2.05, 4.69) is 5.32 Å². The molecule has 3 rings (SSSR count). The van der Waals surface area contributed by atoms with Crippen LogP contribution in [0.2, 0.25) is 0 Å². The minimum atomic E-state index is -0.943. The zero-order valence-electron chi connectivity index (χ0n) is 19.0. The first kappa shape index (κ1) is 24.5. The summed E-state index contributed by atoms with van der Waals surface area (Å²) in [6.45, 7) is 1.13. The van der Waals surface area contributed by atoms with Crippen LogP contribution in [0, 0.1) is 11.3 Å². The first-order valence-corrected chi connectivity index (χ1v) is 11.7. The van der Waals surface area contributed by atoms with Crippen molar-refractivity contribution < 1.29 is 24.2 Å². The summed E-state index contributed by atoms with van der Waals surface area (Å²) in [4.78, 5) is 38.5. The molecule has 0 aromatic heterocycles. The van der Waals surface area contributed by atoms with Crippen molar-refractivity contribution in [1.29, 1.82) is 5.41 Å². The molecule has 180 valence electrons. The molecule has 9 nitrogen and oxygen atoms in total. The van der Waals surface area contributed by atoms with Crippen molar-refractivity contribution in [3.05, 3.63) is 29.8 Å². The number of carboxylic acid groups (broad SMARTS) is 1. The molecule has 1 saturated carbocycles. The highest BCUT2D eigenvalue weighted by molar-refractivity contribution is 6.35. The van der Waals surface area contributed by atoms with Gasteiger partial charge >= 0.3 is 17.8 Å². The number of hydrogen-bond acceptors (Lipinski definition) is 5. The number of nitrogens with zero attached hydrogens (tertiary/aromatic N) is 1. The van der Waals surface area contributed by atoms with Crippen LogP contribution in [0.3, 0.4) is 0 Å². The van der Waals surface area contributed by atoms with E-state index >= 15 is 0 Å². The Balaban J connectivity index is 1.68. The second kappa shape index (κ2) is 11.2. The second-order valence-electron chi connectivity index (χ2n) is 8.97. The van der Waals surface area contributed by atoms with Gasteiger partial charge in [-0.25, -0.2) is 0 Å². The van der Waals surface area contributed by atoms with Gasteiger partial charge in [0.05, 0.1) is 18.6 Å². The number of carbonyl (C=O) groups is 3. The van der Waals surface area contributed by atoms with Crippen LogP contribution in [0.15, 0.2) is 24.3 Å². The fraction of sp³-hybridized carbons (Fsp3) is 0.583. The largest absolute Gasteiger partial charge is 0.494 e. The molecule has 0 bridgehead atoms. The van der Waals surface area contributed by atoms with Crippen molar-refractivity contribution in [2.75, 3.05) is 19.7 Å². The topological polar surface area (TPSA) is 146 Å².